The van der Waals surface area contributed by atoms with Gasteiger partial charge in [0.15, 0.2) is 0 Å². The maximum Gasteiger partial charge on any atom is 0.410 e. The molecule has 3 rings (SSSR count). The lowest BCUT2D eigenvalue weighted by molar-refractivity contribution is 0.0240. The maximum atomic E-state index is 12.2. The summed E-state index contributed by atoms with van der Waals surface area (Å²) in [5.74, 6) is 0. The smallest absolute Gasteiger partial charge is 0.410 e. The van der Waals surface area contributed by atoms with E-state index in [4.69, 9.17) is 4.74 Å². The molecule has 0 spiro atoms. The molecule has 2 aliphatic rings. The van der Waals surface area contributed by atoms with E-state index in [1.807, 2.05) is 25.7 Å². The van der Waals surface area contributed by atoms with Gasteiger partial charge < -0.3 is 19.9 Å². The average molecular weight is 410 g/mol. The van der Waals surface area contributed by atoms with E-state index in [0.29, 0.717) is 19.1 Å². The minimum absolute atomic E-state index is 0.210. The van der Waals surface area contributed by atoms with E-state index in [9.17, 15) is 4.79 Å². The van der Waals surface area contributed by atoms with E-state index in [2.05, 4.69) is 44.3 Å². The molecule has 6 heteroatoms. The number of halogens is 1. The third-order valence-corrected chi connectivity index (χ3v) is 4.97. The topological polar surface area (TPSA) is 44.8 Å². The fraction of sp³-hybridized carbons (Fsp3) is 0.632. The fourth-order valence-electron chi connectivity index (χ4n) is 3.00. The lowest BCUT2D eigenvalue weighted by atomic mass is 10.1. The number of benzene rings is 1. The molecule has 1 amide bonds. The van der Waals surface area contributed by atoms with Crippen molar-refractivity contribution in [1.82, 2.24) is 10.2 Å². The molecular weight excluding hydrogens is 382 g/mol. The summed E-state index contributed by atoms with van der Waals surface area (Å²) >= 11 is 3.58. The van der Waals surface area contributed by atoms with Crippen molar-refractivity contribution in [2.75, 3.05) is 31.1 Å². The molecule has 138 valence electrons. The van der Waals surface area contributed by atoms with Crippen LogP contribution in [0.2, 0.25) is 0 Å². The normalized spacial score (nSPS) is 18.4. The Bertz CT molecular complexity index is 618. The molecule has 25 heavy (non-hydrogen) atoms. The third-order valence-electron chi connectivity index (χ3n) is 4.47. The predicted octanol–water partition coefficient (Wildman–Crippen LogP) is 3.76. The molecule has 1 aliphatic carbocycles. The quantitative estimate of drug-likeness (QED) is 0.821. The van der Waals surface area contributed by atoms with Crippen LogP contribution in [0.3, 0.4) is 0 Å². The van der Waals surface area contributed by atoms with Gasteiger partial charge in [-0.3, -0.25) is 0 Å². The molecule has 1 aromatic rings. The second kappa shape index (κ2) is 7.54. The van der Waals surface area contributed by atoms with Crippen molar-refractivity contribution < 1.29 is 9.53 Å². The molecule has 0 aromatic heterocycles. The first kappa shape index (κ1) is 18.5. The Morgan fingerprint density at radius 3 is 2.52 bits per heavy atom. The van der Waals surface area contributed by atoms with Crippen molar-refractivity contribution in [3.63, 3.8) is 0 Å². The van der Waals surface area contributed by atoms with Crippen molar-refractivity contribution in [3.05, 3.63) is 28.2 Å². The van der Waals surface area contributed by atoms with Gasteiger partial charge >= 0.3 is 6.09 Å². The number of piperazine rings is 1. The van der Waals surface area contributed by atoms with Crippen molar-refractivity contribution in [2.24, 2.45) is 0 Å². The lowest BCUT2D eigenvalue weighted by Crippen LogP contribution is -2.50. The number of hydrogen-bond donors (Lipinski definition) is 1. The van der Waals surface area contributed by atoms with Crippen molar-refractivity contribution in [1.29, 1.82) is 0 Å². The van der Waals surface area contributed by atoms with Crippen LogP contribution in [0.4, 0.5) is 10.5 Å². The molecule has 0 bridgehead atoms. The van der Waals surface area contributed by atoms with Crippen molar-refractivity contribution in [2.45, 2.75) is 51.8 Å². The highest BCUT2D eigenvalue weighted by molar-refractivity contribution is 9.10. The number of ether oxygens (including phenoxy) is 1. The Balaban J connectivity index is 1.61. The van der Waals surface area contributed by atoms with E-state index >= 15 is 0 Å². The molecule has 0 atom stereocenters. The van der Waals surface area contributed by atoms with Crippen LogP contribution in [0.5, 0.6) is 0 Å². The Labute approximate surface area is 158 Å². The number of amides is 1. The van der Waals surface area contributed by atoms with Gasteiger partial charge in [-0.25, -0.2) is 4.79 Å². The molecule has 1 aliphatic heterocycles. The monoisotopic (exact) mass is 409 g/mol. The summed E-state index contributed by atoms with van der Waals surface area (Å²) in [7, 11) is 0. The van der Waals surface area contributed by atoms with Gasteiger partial charge in [0.1, 0.15) is 5.60 Å². The zero-order valence-corrected chi connectivity index (χ0v) is 16.9. The van der Waals surface area contributed by atoms with Gasteiger partial charge in [-0.05, 0) is 57.4 Å². The molecule has 0 radical (unpaired) electrons. The second-order valence-corrected chi connectivity index (χ2v) is 8.80. The Morgan fingerprint density at radius 1 is 1.24 bits per heavy atom. The standard InChI is InChI=1S/C19H28BrN3O2/c1-19(2,3)25-18(24)23-10-8-22(9-11-23)17-7-4-15(20)12-14(17)13-21-16-5-6-16/h4,7,12,16,21H,5-6,8-11,13H2,1-3H3. The Morgan fingerprint density at radius 2 is 1.92 bits per heavy atom. The number of carbonyl (C=O) groups is 1. The van der Waals surface area contributed by atoms with Crippen molar-refractivity contribution in [3.8, 4) is 0 Å². The van der Waals surface area contributed by atoms with Gasteiger partial charge in [-0.1, -0.05) is 15.9 Å². The molecule has 5 nitrogen and oxygen atoms in total. The van der Waals surface area contributed by atoms with Crippen LogP contribution in [-0.4, -0.2) is 48.8 Å². The molecule has 0 unspecified atom stereocenters. The summed E-state index contributed by atoms with van der Waals surface area (Å²) in [5, 5.41) is 3.60. The number of nitrogens with one attached hydrogen (secondary N) is 1. The number of hydrogen-bond acceptors (Lipinski definition) is 4. The first-order valence-corrected chi connectivity index (χ1v) is 9.86. The minimum Gasteiger partial charge on any atom is -0.444 e. The summed E-state index contributed by atoms with van der Waals surface area (Å²) in [6, 6.07) is 7.16. The molecule has 1 aromatic carbocycles. The zero-order valence-electron chi connectivity index (χ0n) is 15.3. The summed E-state index contributed by atoms with van der Waals surface area (Å²) in [6.07, 6.45) is 2.37. The van der Waals surface area contributed by atoms with Gasteiger partial charge in [0.25, 0.3) is 0 Å². The number of carbonyl (C=O) groups excluding carboxylic acids is 1. The molecule has 2 fully saturated rings. The second-order valence-electron chi connectivity index (χ2n) is 7.88. The Kier molecular flexibility index (Phi) is 5.58. The van der Waals surface area contributed by atoms with Crippen LogP contribution in [0.15, 0.2) is 22.7 Å². The molecule has 1 N–H and O–H groups in total. The highest BCUT2D eigenvalue weighted by Crippen LogP contribution is 2.27. The summed E-state index contributed by atoms with van der Waals surface area (Å²) in [6.45, 7) is 9.66. The predicted molar refractivity (Wildman–Crippen MR) is 104 cm³/mol. The minimum atomic E-state index is -0.443. The molecule has 1 saturated carbocycles. The van der Waals surface area contributed by atoms with Crippen LogP contribution < -0.4 is 10.2 Å². The van der Waals surface area contributed by atoms with Gasteiger partial charge in [0.2, 0.25) is 0 Å². The SMILES string of the molecule is CC(C)(C)OC(=O)N1CCN(c2ccc(Br)cc2CNC2CC2)CC1. The Hall–Kier alpha value is -1.27. The van der Waals surface area contributed by atoms with E-state index < -0.39 is 5.60 Å². The van der Waals surface area contributed by atoms with E-state index in [-0.39, 0.29) is 6.09 Å². The van der Waals surface area contributed by atoms with Crippen LogP contribution in [0.25, 0.3) is 0 Å². The fourth-order valence-corrected chi connectivity index (χ4v) is 3.41. The van der Waals surface area contributed by atoms with Gasteiger partial charge in [-0.2, -0.15) is 0 Å². The van der Waals surface area contributed by atoms with E-state index in [0.717, 1.165) is 24.1 Å². The van der Waals surface area contributed by atoms with Crippen LogP contribution >= 0.6 is 15.9 Å². The summed E-state index contributed by atoms with van der Waals surface area (Å²) < 4.78 is 6.59. The first-order valence-electron chi connectivity index (χ1n) is 9.06. The van der Waals surface area contributed by atoms with Gasteiger partial charge in [0, 0.05) is 48.9 Å². The average Bonchev–Trinajstić information content (AvgIpc) is 3.36. The van der Waals surface area contributed by atoms with Crippen LogP contribution in [-0.2, 0) is 11.3 Å². The van der Waals surface area contributed by atoms with E-state index in [1.54, 1.807) is 0 Å². The highest BCUT2D eigenvalue weighted by atomic mass is 79.9. The van der Waals surface area contributed by atoms with Gasteiger partial charge in [-0.15, -0.1) is 0 Å². The highest BCUT2D eigenvalue weighted by Gasteiger charge is 2.27. The lowest BCUT2D eigenvalue weighted by Gasteiger charge is -2.37. The van der Waals surface area contributed by atoms with Crippen LogP contribution in [0.1, 0.15) is 39.2 Å². The first-order chi connectivity index (χ1) is 11.8. The number of nitrogens with zero attached hydrogens (tertiary/aromatic N) is 2. The number of rotatable bonds is 4. The van der Waals surface area contributed by atoms with E-state index in [1.165, 1.54) is 24.1 Å². The van der Waals surface area contributed by atoms with Crippen LogP contribution in [0, 0.1) is 0 Å². The largest absolute Gasteiger partial charge is 0.444 e. The van der Waals surface area contributed by atoms with Crippen molar-refractivity contribution >= 4 is 27.7 Å². The molecule has 1 saturated heterocycles. The summed E-state index contributed by atoms with van der Waals surface area (Å²) in [5.41, 5.74) is 2.13. The summed E-state index contributed by atoms with van der Waals surface area (Å²) in [4.78, 5) is 16.4. The third kappa shape index (κ3) is 5.35. The zero-order chi connectivity index (χ0) is 18.0. The molecular formula is C19H28BrN3O2. The number of anilines is 1. The molecule has 1 heterocycles. The van der Waals surface area contributed by atoms with Gasteiger partial charge in [0.05, 0.1) is 0 Å². The maximum absolute atomic E-state index is 12.2.